The molecule has 0 atom stereocenters. The molecule has 12 heavy (non-hydrogen) atoms. The van der Waals surface area contributed by atoms with Gasteiger partial charge in [-0.05, 0) is 39.0 Å². The number of hydrogen-bond donors (Lipinski definition) is 0. The van der Waals surface area contributed by atoms with Crippen LogP contribution in [-0.2, 0) is 0 Å². The van der Waals surface area contributed by atoms with Crippen LogP contribution < -0.4 is 0 Å². The van der Waals surface area contributed by atoms with Crippen molar-refractivity contribution in [2.24, 2.45) is 0 Å². The maximum atomic E-state index is 3.83. The molecule has 0 spiro atoms. The molecule has 70 valence electrons. The highest BCUT2D eigenvalue weighted by Crippen LogP contribution is 2.13. The molecule has 0 aliphatic carbocycles. The van der Waals surface area contributed by atoms with Crippen LogP contribution in [0.2, 0.25) is 0 Å². The average molecular weight is 185 g/mol. The van der Waals surface area contributed by atoms with Gasteiger partial charge in [0.25, 0.3) is 0 Å². The molecule has 0 amide bonds. The Balaban J connectivity index is 0.000000561. The zero-order chi connectivity index (χ0) is 9.40. The fourth-order valence-electron chi connectivity index (χ4n) is 1.43. The lowest BCUT2D eigenvalue weighted by Gasteiger charge is -2.29. The highest BCUT2D eigenvalue weighted by atomic mass is 32.1. The van der Waals surface area contributed by atoms with Gasteiger partial charge in [0.2, 0.25) is 0 Å². The Hall–Kier alpha value is -0.370. The fraction of sp³-hybridized carbons (Fsp3) is 0.700. The van der Waals surface area contributed by atoms with E-state index in [4.69, 9.17) is 0 Å². The molecule has 1 nitrogen and oxygen atoms in total. The van der Waals surface area contributed by atoms with Gasteiger partial charge in [0.15, 0.2) is 0 Å². The monoisotopic (exact) mass is 185 g/mol. The summed E-state index contributed by atoms with van der Waals surface area (Å²) in [5.41, 5.74) is 1.44. The number of thiocarbonyl (C=S) groups is 1. The van der Waals surface area contributed by atoms with Gasteiger partial charge >= 0.3 is 0 Å². The zero-order valence-electron chi connectivity index (χ0n) is 8.18. The number of hydrogen-bond acceptors (Lipinski definition) is 2. The number of nitrogens with zero attached hydrogens (tertiary/aromatic N) is 1. The van der Waals surface area contributed by atoms with Crippen molar-refractivity contribution in [1.82, 2.24) is 4.90 Å². The zero-order valence-corrected chi connectivity index (χ0v) is 8.99. The van der Waals surface area contributed by atoms with E-state index in [0.717, 1.165) is 0 Å². The second-order valence-electron chi connectivity index (χ2n) is 2.98. The van der Waals surface area contributed by atoms with Crippen LogP contribution in [0.1, 0.15) is 33.1 Å². The minimum absolute atomic E-state index is 1.27. The molecule has 0 unspecified atom stereocenters. The van der Waals surface area contributed by atoms with Gasteiger partial charge < -0.3 is 4.90 Å². The van der Waals surface area contributed by atoms with Gasteiger partial charge in [-0.1, -0.05) is 18.3 Å². The van der Waals surface area contributed by atoms with Crippen LogP contribution in [0.15, 0.2) is 11.8 Å². The lowest BCUT2D eigenvalue weighted by atomic mass is 10.1. The van der Waals surface area contributed by atoms with Crippen molar-refractivity contribution < 1.29 is 0 Å². The Kier molecular flexibility index (Phi) is 7.06. The molecule has 0 radical (unpaired) electrons. The summed E-state index contributed by atoms with van der Waals surface area (Å²) in [7, 11) is 0. The summed E-state index contributed by atoms with van der Waals surface area (Å²) in [6, 6.07) is 0. The second-order valence-corrected chi connectivity index (χ2v) is 2.98. The predicted octanol–water partition coefficient (Wildman–Crippen LogP) is 3.01. The molecule has 1 rings (SSSR count). The van der Waals surface area contributed by atoms with Crippen LogP contribution in [0.5, 0.6) is 0 Å². The Morgan fingerprint density at radius 3 is 2.17 bits per heavy atom. The average Bonchev–Trinajstić information content (AvgIpc) is 2.21. The normalized spacial score (nSPS) is 18.2. The topological polar surface area (TPSA) is 3.24 Å². The van der Waals surface area contributed by atoms with E-state index in [2.05, 4.69) is 42.9 Å². The largest absolute Gasteiger partial charge is 0.375 e. The van der Waals surface area contributed by atoms with Gasteiger partial charge in [-0.25, -0.2) is 0 Å². The third kappa shape index (κ3) is 3.86. The molecule has 2 heteroatoms. The van der Waals surface area contributed by atoms with Gasteiger partial charge in [0.1, 0.15) is 0 Å². The molecule has 0 aromatic carbocycles. The SMILES string of the molecule is C/C=C(\C)N1CCCCC1.C=S. The Bertz CT molecular complexity index is 137. The highest BCUT2D eigenvalue weighted by molar-refractivity contribution is 7.77. The number of piperidine rings is 1. The first-order chi connectivity index (χ1) is 5.84. The van der Waals surface area contributed by atoms with E-state index in [1.807, 2.05) is 0 Å². The molecular weight excluding hydrogens is 166 g/mol. The predicted molar refractivity (Wildman–Crippen MR) is 59.6 cm³/mol. The molecule has 0 saturated carbocycles. The first-order valence-electron chi connectivity index (χ1n) is 4.51. The molecule has 1 aliphatic heterocycles. The summed E-state index contributed by atoms with van der Waals surface area (Å²) in [6.45, 7) is 6.86. The molecule has 0 aromatic heterocycles. The van der Waals surface area contributed by atoms with Crippen LogP contribution in [0.4, 0.5) is 0 Å². The van der Waals surface area contributed by atoms with Gasteiger partial charge in [-0.2, -0.15) is 0 Å². The van der Waals surface area contributed by atoms with Gasteiger partial charge in [0, 0.05) is 18.8 Å². The van der Waals surface area contributed by atoms with E-state index >= 15 is 0 Å². The second kappa shape index (κ2) is 7.29. The molecule has 0 bridgehead atoms. The summed E-state index contributed by atoms with van der Waals surface area (Å²) < 4.78 is 0. The maximum Gasteiger partial charge on any atom is 0.0174 e. The van der Waals surface area contributed by atoms with E-state index in [-0.39, 0.29) is 0 Å². The quantitative estimate of drug-likeness (QED) is 0.578. The highest BCUT2D eigenvalue weighted by Gasteiger charge is 2.08. The Morgan fingerprint density at radius 2 is 1.75 bits per heavy atom. The molecule has 1 heterocycles. The van der Waals surface area contributed by atoms with Gasteiger partial charge in [-0.3, -0.25) is 0 Å². The first kappa shape index (κ1) is 11.6. The van der Waals surface area contributed by atoms with E-state index < -0.39 is 0 Å². The van der Waals surface area contributed by atoms with Crippen LogP contribution in [-0.4, -0.2) is 23.9 Å². The van der Waals surface area contributed by atoms with Crippen LogP contribution in [0, 0.1) is 0 Å². The summed E-state index contributed by atoms with van der Waals surface area (Å²) in [4.78, 5) is 2.48. The molecule has 1 saturated heterocycles. The number of likely N-dealkylation sites (tertiary alicyclic amines) is 1. The van der Waals surface area contributed by atoms with Gasteiger partial charge in [0.05, 0.1) is 0 Å². The third-order valence-electron chi connectivity index (χ3n) is 2.27. The van der Waals surface area contributed by atoms with E-state index in [1.54, 1.807) is 0 Å². The van der Waals surface area contributed by atoms with Gasteiger partial charge in [-0.15, -0.1) is 0 Å². The Labute approximate surface area is 81.5 Å². The maximum absolute atomic E-state index is 3.83. The molecule has 1 aliphatic rings. The van der Waals surface area contributed by atoms with Crippen molar-refractivity contribution >= 4 is 18.1 Å². The smallest absolute Gasteiger partial charge is 0.0174 e. The minimum Gasteiger partial charge on any atom is -0.375 e. The molecule has 0 N–H and O–H groups in total. The molecular formula is C10H19NS. The summed E-state index contributed by atoms with van der Waals surface area (Å²) in [6.07, 6.45) is 6.38. The summed E-state index contributed by atoms with van der Waals surface area (Å²) in [5.74, 6) is 2.83. The minimum atomic E-state index is 1.27. The van der Waals surface area contributed by atoms with Crippen LogP contribution >= 0.6 is 12.2 Å². The first-order valence-corrected chi connectivity index (χ1v) is 5.09. The Morgan fingerprint density at radius 1 is 1.25 bits per heavy atom. The van der Waals surface area contributed by atoms with Crippen molar-refractivity contribution in [2.45, 2.75) is 33.1 Å². The van der Waals surface area contributed by atoms with Crippen molar-refractivity contribution in [3.8, 4) is 0 Å². The van der Waals surface area contributed by atoms with Crippen LogP contribution in [0.3, 0.4) is 0 Å². The molecule has 1 fully saturated rings. The third-order valence-corrected chi connectivity index (χ3v) is 2.27. The van der Waals surface area contributed by atoms with E-state index in [1.165, 1.54) is 38.0 Å². The number of allylic oxidation sites excluding steroid dienone is 2. The van der Waals surface area contributed by atoms with Crippen molar-refractivity contribution in [1.29, 1.82) is 0 Å². The van der Waals surface area contributed by atoms with Crippen molar-refractivity contribution in [2.75, 3.05) is 13.1 Å². The lowest BCUT2D eigenvalue weighted by molar-refractivity contribution is 0.285. The summed E-state index contributed by atoms with van der Waals surface area (Å²) in [5, 5.41) is 0. The van der Waals surface area contributed by atoms with Crippen LogP contribution in [0.25, 0.3) is 0 Å². The van der Waals surface area contributed by atoms with E-state index in [0.29, 0.717) is 0 Å². The fourth-order valence-corrected chi connectivity index (χ4v) is 1.43. The van der Waals surface area contributed by atoms with E-state index in [9.17, 15) is 0 Å². The lowest BCUT2D eigenvalue weighted by Crippen LogP contribution is -2.27. The summed E-state index contributed by atoms with van der Waals surface area (Å²) >= 11 is 3.83. The van der Waals surface area contributed by atoms with Crippen molar-refractivity contribution in [3.63, 3.8) is 0 Å². The standard InChI is InChI=1S/C9H17N.CH2S/c1-3-9(2)10-7-5-4-6-8-10;1-2/h3H,4-8H2,1-2H3;1H2/b9-3+;. The molecule has 0 aromatic rings. The van der Waals surface area contributed by atoms with Crippen molar-refractivity contribution in [3.05, 3.63) is 11.8 Å². The number of rotatable bonds is 1.